The molecule has 38 heavy (non-hydrogen) atoms. The molecule has 200 valence electrons. The number of ether oxygens (including phenoxy) is 2. The Kier molecular flexibility index (Phi) is 7.97. The van der Waals surface area contributed by atoms with Crippen molar-refractivity contribution >= 4 is 52.3 Å². The Morgan fingerprint density at radius 2 is 1.95 bits per heavy atom. The van der Waals surface area contributed by atoms with Crippen molar-refractivity contribution in [2.24, 2.45) is 0 Å². The molecule has 2 amide bonds. The molecule has 0 saturated carbocycles. The molecule has 2 aromatic rings. The quantitative estimate of drug-likeness (QED) is 0.346. The first-order valence-corrected chi connectivity index (χ1v) is 12.6. The molecule has 0 aromatic heterocycles. The lowest BCUT2D eigenvalue weighted by molar-refractivity contribution is -0.140. The number of carbonyl (C=O) groups is 3. The fourth-order valence-corrected chi connectivity index (χ4v) is 5.26. The second-order valence-electron chi connectivity index (χ2n) is 8.38. The molecule has 2 saturated heterocycles. The first kappa shape index (κ1) is 27.5. The highest BCUT2D eigenvalue weighted by Crippen LogP contribution is 2.40. The SMILES string of the molecule is CCN1C(=O)OCC1Cc1ccc(Oc2ccc(C=C3SC(=S)N(CC(=O)O)C3=O)cc2C(F)(F)F)cc1. The molecule has 2 aliphatic rings. The van der Waals surface area contributed by atoms with Crippen LogP contribution >= 0.6 is 24.0 Å². The fourth-order valence-electron chi connectivity index (χ4n) is 4.01. The van der Waals surface area contributed by atoms with Crippen LogP contribution < -0.4 is 4.74 Å². The van der Waals surface area contributed by atoms with E-state index < -0.39 is 35.9 Å². The molecule has 4 rings (SSSR count). The van der Waals surface area contributed by atoms with Gasteiger partial charge in [0.1, 0.15) is 29.0 Å². The Balaban J connectivity index is 1.52. The highest BCUT2D eigenvalue weighted by atomic mass is 32.2. The van der Waals surface area contributed by atoms with Gasteiger partial charge < -0.3 is 19.5 Å². The third-order valence-electron chi connectivity index (χ3n) is 5.81. The summed E-state index contributed by atoms with van der Waals surface area (Å²) in [5.74, 6) is -2.19. The van der Waals surface area contributed by atoms with Crippen molar-refractivity contribution in [3.63, 3.8) is 0 Å². The maximum absolute atomic E-state index is 13.9. The van der Waals surface area contributed by atoms with Crippen LogP contribution in [-0.4, -0.2) is 62.9 Å². The number of carboxylic acid groups (broad SMARTS) is 1. The van der Waals surface area contributed by atoms with E-state index in [1.165, 1.54) is 12.1 Å². The number of thiocarbonyl (C=S) groups is 1. The Morgan fingerprint density at radius 3 is 2.58 bits per heavy atom. The number of carboxylic acids is 1. The van der Waals surface area contributed by atoms with Crippen LogP contribution in [0.15, 0.2) is 47.4 Å². The molecule has 1 atom stereocenters. The first-order chi connectivity index (χ1) is 18.0. The Bertz CT molecular complexity index is 1310. The highest BCUT2D eigenvalue weighted by Gasteiger charge is 2.36. The van der Waals surface area contributed by atoms with Crippen LogP contribution in [0.25, 0.3) is 6.08 Å². The zero-order valence-electron chi connectivity index (χ0n) is 19.9. The van der Waals surface area contributed by atoms with Gasteiger partial charge in [0, 0.05) is 6.54 Å². The Morgan fingerprint density at radius 1 is 1.24 bits per heavy atom. The lowest BCUT2D eigenvalue weighted by Gasteiger charge is -2.19. The second-order valence-corrected chi connectivity index (χ2v) is 10.1. The van der Waals surface area contributed by atoms with Crippen molar-refractivity contribution in [3.05, 3.63) is 64.1 Å². The predicted molar refractivity (Wildman–Crippen MR) is 137 cm³/mol. The predicted octanol–water partition coefficient (Wildman–Crippen LogP) is 5.17. The molecule has 0 spiro atoms. The van der Waals surface area contributed by atoms with E-state index in [-0.39, 0.29) is 39.3 Å². The number of carbonyl (C=O) groups excluding carboxylic acids is 2. The van der Waals surface area contributed by atoms with Gasteiger partial charge in [-0.2, -0.15) is 13.2 Å². The lowest BCUT2D eigenvalue weighted by atomic mass is 10.1. The number of benzene rings is 2. The monoisotopic (exact) mass is 566 g/mol. The number of halogens is 3. The number of alkyl halides is 3. The molecule has 1 unspecified atom stereocenters. The third kappa shape index (κ3) is 6.10. The number of amides is 2. The van der Waals surface area contributed by atoms with Crippen LogP contribution in [0.4, 0.5) is 18.0 Å². The van der Waals surface area contributed by atoms with Gasteiger partial charge >= 0.3 is 18.2 Å². The average molecular weight is 567 g/mol. The topological polar surface area (TPSA) is 96.4 Å². The van der Waals surface area contributed by atoms with Crippen molar-refractivity contribution in [3.8, 4) is 11.5 Å². The van der Waals surface area contributed by atoms with Crippen molar-refractivity contribution < 1.29 is 42.1 Å². The normalized spacial score (nSPS) is 18.9. The number of aliphatic carboxylic acids is 1. The smallest absolute Gasteiger partial charge is 0.420 e. The Hall–Kier alpha value is -3.58. The molecule has 2 aromatic carbocycles. The van der Waals surface area contributed by atoms with Crippen LogP contribution in [0, 0.1) is 0 Å². The number of likely N-dealkylation sites (N-methyl/N-ethyl adjacent to an activating group) is 1. The minimum Gasteiger partial charge on any atom is -0.480 e. The molecule has 1 N–H and O–H groups in total. The minimum atomic E-state index is -4.75. The van der Waals surface area contributed by atoms with Crippen molar-refractivity contribution in [2.45, 2.75) is 25.6 Å². The van der Waals surface area contributed by atoms with E-state index in [0.29, 0.717) is 13.0 Å². The fraction of sp³-hybridized carbons (Fsp3) is 0.280. The Labute approximate surface area is 225 Å². The summed E-state index contributed by atoms with van der Waals surface area (Å²) < 4.78 is 52.2. The van der Waals surface area contributed by atoms with Gasteiger partial charge in [0.2, 0.25) is 0 Å². The average Bonchev–Trinajstić information content (AvgIpc) is 3.33. The van der Waals surface area contributed by atoms with Crippen LogP contribution in [0.5, 0.6) is 11.5 Å². The highest BCUT2D eigenvalue weighted by molar-refractivity contribution is 8.26. The molecule has 2 aliphatic heterocycles. The largest absolute Gasteiger partial charge is 0.480 e. The van der Waals surface area contributed by atoms with Gasteiger partial charge in [0.05, 0.1) is 16.5 Å². The number of rotatable bonds is 8. The summed E-state index contributed by atoms with van der Waals surface area (Å²) in [5, 5.41) is 8.93. The summed E-state index contributed by atoms with van der Waals surface area (Å²) in [6, 6.07) is 9.77. The van der Waals surface area contributed by atoms with Crippen LogP contribution in [0.2, 0.25) is 0 Å². The molecular weight excluding hydrogens is 545 g/mol. The van der Waals surface area contributed by atoms with Crippen LogP contribution in [0.1, 0.15) is 23.6 Å². The van der Waals surface area contributed by atoms with E-state index in [1.807, 2.05) is 6.92 Å². The molecule has 2 heterocycles. The van der Waals surface area contributed by atoms with Crippen molar-refractivity contribution in [1.82, 2.24) is 9.80 Å². The minimum absolute atomic E-state index is 0.0116. The van der Waals surface area contributed by atoms with Crippen LogP contribution in [0.3, 0.4) is 0 Å². The summed E-state index contributed by atoms with van der Waals surface area (Å²) in [6.07, 6.45) is -3.36. The first-order valence-electron chi connectivity index (χ1n) is 11.3. The summed E-state index contributed by atoms with van der Waals surface area (Å²) >= 11 is 5.83. The van der Waals surface area contributed by atoms with Gasteiger partial charge in [-0.05, 0) is 54.8 Å². The molecule has 0 radical (unpaired) electrons. The van der Waals surface area contributed by atoms with Gasteiger partial charge in [-0.25, -0.2) is 4.79 Å². The standard InChI is InChI=1S/C25H21F3N2O6S2/c1-2-29-16(13-35-23(29)34)9-14-3-6-17(7-4-14)36-19-8-5-15(10-18(19)25(26,27)28)11-20-22(33)30(12-21(31)32)24(37)38-20/h3-8,10-11,16H,2,9,12-13H2,1H3,(H,31,32). The van der Waals surface area contributed by atoms with E-state index in [0.717, 1.165) is 34.4 Å². The summed E-state index contributed by atoms with van der Waals surface area (Å²) in [5.41, 5.74) is -0.105. The number of hydrogen-bond acceptors (Lipinski definition) is 7. The zero-order chi connectivity index (χ0) is 27.6. The molecule has 13 heteroatoms. The lowest BCUT2D eigenvalue weighted by Crippen LogP contribution is -2.34. The van der Waals surface area contributed by atoms with Crippen LogP contribution in [-0.2, 0) is 26.9 Å². The van der Waals surface area contributed by atoms with Gasteiger partial charge in [-0.3, -0.25) is 14.5 Å². The summed E-state index contributed by atoms with van der Waals surface area (Å²) in [7, 11) is 0. The number of nitrogens with zero attached hydrogens (tertiary/aromatic N) is 2. The van der Waals surface area contributed by atoms with Crippen molar-refractivity contribution in [1.29, 1.82) is 0 Å². The summed E-state index contributed by atoms with van der Waals surface area (Å²) in [6.45, 7) is 2.00. The molecule has 2 fully saturated rings. The van der Waals surface area contributed by atoms with E-state index in [4.69, 9.17) is 26.8 Å². The van der Waals surface area contributed by atoms with E-state index in [9.17, 15) is 27.6 Å². The van der Waals surface area contributed by atoms with Crippen molar-refractivity contribution in [2.75, 3.05) is 19.7 Å². The van der Waals surface area contributed by atoms with Gasteiger partial charge in [0.15, 0.2) is 0 Å². The maximum atomic E-state index is 13.9. The summed E-state index contributed by atoms with van der Waals surface area (Å²) in [4.78, 5) is 37.6. The molecule has 0 bridgehead atoms. The van der Waals surface area contributed by atoms with Gasteiger partial charge in [-0.1, -0.05) is 42.2 Å². The third-order valence-corrected chi connectivity index (χ3v) is 7.19. The number of thioether (sulfide) groups is 1. The second kappa shape index (κ2) is 11.0. The number of hydrogen-bond donors (Lipinski definition) is 1. The number of cyclic esters (lactones) is 1. The molecule has 0 aliphatic carbocycles. The molecular formula is C25H21F3N2O6S2. The van der Waals surface area contributed by atoms with E-state index >= 15 is 0 Å². The maximum Gasteiger partial charge on any atom is 0.420 e. The molecule has 8 nitrogen and oxygen atoms in total. The van der Waals surface area contributed by atoms with E-state index in [2.05, 4.69) is 0 Å². The van der Waals surface area contributed by atoms with E-state index in [1.54, 1.807) is 29.2 Å². The van der Waals surface area contributed by atoms with Gasteiger partial charge in [-0.15, -0.1) is 0 Å². The van der Waals surface area contributed by atoms with Gasteiger partial charge in [0.25, 0.3) is 5.91 Å². The zero-order valence-corrected chi connectivity index (χ0v) is 21.5.